The summed E-state index contributed by atoms with van der Waals surface area (Å²) in [5.74, 6) is 0.855. The highest BCUT2D eigenvalue weighted by molar-refractivity contribution is 5.83. The third-order valence-corrected chi connectivity index (χ3v) is 6.91. The van der Waals surface area contributed by atoms with E-state index in [0.717, 1.165) is 55.3 Å². The van der Waals surface area contributed by atoms with Gasteiger partial charge in [0, 0.05) is 63.9 Å². The predicted octanol–water partition coefficient (Wildman–Crippen LogP) is 1.94. The van der Waals surface area contributed by atoms with Crippen LogP contribution in [0.15, 0.2) is 67.5 Å². The quantitative estimate of drug-likeness (QED) is 0.439. The lowest BCUT2D eigenvalue weighted by Crippen LogP contribution is -2.47. The van der Waals surface area contributed by atoms with Crippen molar-refractivity contribution < 1.29 is 9.84 Å². The first-order valence-electron chi connectivity index (χ1n) is 12.4. The Balaban J connectivity index is 1.21. The molecule has 10 heteroatoms. The number of piperazine rings is 1. The van der Waals surface area contributed by atoms with Gasteiger partial charge in [0.1, 0.15) is 12.6 Å². The fraction of sp³-hybridized carbons (Fsp3) is 0.385. The number of nitrogens with zero attached hydrogens (tertiary/aromatic N) is 8. The summed E-state index contributed by atoms with van der Waals surface area (Å²) in [6.45, 7) is 5.57. The maximum atomic E-state index is 9.90. The van der Waals surface area contributed by atoms with Gasteiger partial charge in [-0.05, 0) is 23.8 Å². The second-order valence-electron chi connectivity index (χ2n) is 9.28. The van der Waals surface area contributed by atoms with Gasteiger partial charge in [-0.3, -0.25) is 14.5 Å². The van der Waals surface area contributed by atoms with E-state index in [1.165, 1.54) is 5.69 Å². The standard InChI is InChI=1S/C26H30N8O2/c35-17-22-15-31(14-20-5-4-8-27-13-20)16-23(36-22)34-19-30-24-25(28-18-29-26(24)34)33-11-9-32(10-12-33)21-6-2-1-3-7-21/h1-8,13,18-19,22-23,35H,9-12,14-17H2/t22-,23+/m0/s1. The van der Waals surface area contributed by atoms with Crippen molar-refractivity contribution in [2.45, 2.75) is 18.9 Å². The fourth-order valence-electron chi connectivity index (χ4n) is 5.12. The van der Waals surface area contributed by atoms with Gasteiger partial charge in [-0.25, -0.2) is 15.0 Å². The Bertz CT molecular complexity index is 1280. The molecule has 0 amide bonds. The summed E-state index contributed by atoms with van der Waals surface area (Å²) in [7, 11) is 0. The van der Waals surface area contributed by atoms with Crippen molar-refractivity contribution in [3.8, 4) is 0 Å². The van der Waals surface area contributed by atoms with Crippen molar-refractivity contribution in [3.05, 3.63) is 73.1 Å². The van der Waals surface area contributed by atoms with Crippen LogP contribution in [-0.2, 0) is 11.3 Å². The molecule has 0 aliphatic carbocycles. The maximum Gasteiger partial charge on any atom is 0.167 e. The van der Waals surface area contributed by atoms with Crippen molar-refractivity contribution in [1.82, 2.24) is 29.4 Å². The number of fused-ring (bicyclic) bond motifs is 1. The molecular formula is C26H30N8O2. The first-order chi connectivity index (χ1) is 17.8. The maximum absolute atomic E-state index is 9.90. The van der Waals surface area contributed by atoms with Gasteiger partial charge in [0.15, 0.2) is 17.0 Å². The van der Waals surface area contributed by atoms with Crippen molar-refractivity contribution in [2.75, 3.05) is 55.7 Å². The molecule has 4 aromatic rings. The normalized spacial score (nSPS) is 21.2. The highest BCUT2D eigenvalue weighted by Crippen LogP contribution is 2.29. The molecule has 0 saturated carbocycles. The van der Waals surface area contributed by atoms with Crippen molar-refractivity contribution in [1.29, 1.82) is 0 Å². The number of aromatic nitrogens is 5. The number of aliphatic hydroxyl groups is 1. The summed E-state index contributed by atoms with van der Waals surface area (Å²) in [6.07, 6.45) is 6.45. The molecule has 0 unspecified atom stereocenters. The number of benzene rings is 1. The Morgan fingerprint density at radius 1 is 0.917 bits per heavy atom. The molecule has 186 valence electrons. The van der Waals surface area contributed by atoms with E-state index in [1.54, 1.807) is 18.9 Å². The van der Waals surface area contributed by atoms with Gasteiger partial charge in [0.05, 0.1) is 19.0 Å². The summed E-state index contributed by atoms with van der Waals surface area (Å²) in [6, 6.07) is 14.5. The van der Waals surface area contributed by atoms with E-state index in [4.69, 9.17) is 9.72 Å². The van der Waals surface area contributed by atoms with Crippen LogP contribution in [0.3, 0.4) is 0 Å². The highest BCUT2D eigenvalue weighted by atomic mass is 16.5. The Kier molecular flexibility index (Phi) is 6.46. The number of pyridine rings is 1. The van der Waals surface area contributed by atoms with E-state index in [-0.39, 0.29) is 18.9 Å². The summed E-state index contributed by atoms with van der Waals surface area (Å²) < 4.78 is 8.21. The molecule has 2 aliphatic rings. The molecule has 1 aromatic carbocycles. The lowest BCUT2D eigenvalue weighted by Gasteiger charge is -2.38. The molecule has 2 aliphatic heterocycles. The van der Waals surface area contributed by atoms with Crippen LogP contribution >= 0.6 is 0 Å². The number of ether oxygens (including phenoxy) is 1. The van der Waals surface area contributed by atoms with Crippen LogP contribution in [0.25, 0.3) is 11.2 Å². The SMILES string of the molecule is OC[C@@H]1CN(Cc2cccnc2)C[C@H](n2cnc3c(N4CCN(c5ccccc5)CC4)ncnc32)O1. The highest BCUT2D eigenvalue weighted by Gasteiger charge is 2.31. The van der Waals surface area contributed by atoms with Gasteiger partial charge in [0.25, 0.3) is 0 Å². The molecule has 36 heavy (non-hydrogen) atoms. The van der Waals surface area contributed by atoms with E-state index in [2.05, 4.69) is 60.0 Å². The van der Waals surface area contributed by atoms with Crippen molar-refractivity contribution in [2.24, 2.45) is 0 Å². The Morgan fingerprint density at radius 3 is 2.53 bits per heavy atom. The zero-order valence-electron chi connectivity index (χ0n) is 20.1. The molecular weight excluding hydrogens is 456 g/mol. The van der Waals surface area contributed by atoms with Crippen LogP contribution in [0, 0.1) is 0 Å². The van der Waals surface area contributed by atoms with Crippen LogP contribution in [0.4, 0.5) is 11.5 Å². The molecule has 0 spiro atoms. The van der Waals surface area contributed by atoms with E-state index >= 15 is 0 Å². The second-order valence-corrected chi connectivity index (χ2v) is 9.28. The lowest BCUT2D eigenvalue weighted by molar-refractivity contribution is -0.135. The van der Waals surface area contributed by atoms with E-state index in [1.807, 2.05) is 22.9 Å². The van der Waals surface area contributed by atoms with Crippen LogP contribution in [0.5, 0.6) is 0 Å². The zero-order chi connectivity index (χ0) is 24.3. The number of morpholine rings is 1. The van der Waals surface area contributed by atoms with Crippen LogP contribution in [0.2, 0.25) is 0 Å². The number of para-hydroxylation sites is 1. The zero-order valence-corrected chi connectivity index (χ0v) is 20.1. The number of hydrogen-bond donors (Lipinski definition) is 1. The molecule has 0 bridgehead atoms. The van der Waals surface area contributed by atoms with Gasteiger partial charge >= 0.3 is 0 Å². The molecule has 2 atom stereocenters. The third-order valence-electron chi connectivity index (χ3n) is 6.91. The van der Waals surface area contributed by atoms with Crippen LogP contribution < -0.4 is 9.80 Å². The monoisotopic (exact) mass is 486 g/mol. The Morgan fingerprint density at radius 2 is 1.75 bits per heavy atom. The summed E-state index contributed by atoms with van der Waals surface area (Å²) in [5, 5.41) is 9.90. The van der Waals surface area contributed by atoms with Gasteiger partial charge < -0.3 is 19.6 Å². The van der Waals surface area contributed by atoms with E-state index in [0.29, 0.717) is 13.1 Å². The molecule has 3 aromatic heterocycles. The minimum atomic E-state index is -0.310. The number of rotatable bonds is 6. The fourth-order valence-corrected chi connectivity index (χ4v) is 5.12. The average Bonchev–Trinajstić information content (AvgIpc) is 3.38. The topological polar surface area (TPSA) is 95.7 Å². The minimum Gasteiger partial charge on any atom is -0.394 e. The second kappa shape index (κ2) is 10.2. The van der Waals surface area contributed by atoms with Gasteiger partial charge in [-0.15, -0.1) is 0 Å². The molecule has 2 saturated heterocycles. The lowest BCUT2D eigenvalue weighted by atomic mass is 10.2. The summed E-state index contributed by atoms with van der Waals surface area (Å²) >= 11 is 0. The average molecular weight is 487 g/mol. The Labute approximate surface area is 209 Å². The molecule has 1 N–H and O–H groups in total. The van der Waals surface area contributed by atoms with Crippen LogP contribution in [-0.4, -0.2) is 86.5 Å². The summed E-state index contributed by atoms with van der Waals surface area (Å²) in [4.78, 5) is 25.1. The van der Waals surface area contributed by atoms with E-state index in [9.17, 15) is 5.11 Å². The smallest absolute Gasteiger partial charge is 0.167 e. The van der Waals surface area contributed by atoms with Gasteiger partial charge in [-0.2, -0.15) is 0 Å². The molecule has 2 fully saturated rings. The molecule has 10 nitrogen and oxygen atoms in total. The number of aliphatic hydroxyl groups excluding tert-OH is 1. The first kappa shape index (κ1) is 22.8. The number of imidazole rings is 1. The van der Waals surface area contributed by atoms with Gasteiger partial charge in [-0.1, -0.05) is 24.3 Å². The molecule has 5 heterocycles. The predicted molar refractivity (Wildman–Crippen MR) is 137 cm³/mol. The molecule has 0 radical (unpaired) electrons. The minimum absolute atomic E-state index is 0.0431. The Hall–Kier alpha value is -3.60. The molecule has 6 rings (SSSR count). The summed E-state index contributed by atoms with van der Waals surface area (Å²) in [5.41, 5.74) is 3.90. The largest absolute Gasteiger partial charge is 0.394 e. The van der Waals surface area contributed by atoms with Crippen LogP contribution in [0.1, 0.15) is 11.8 Å². The third kappa shape index (κ3) is 4.62. The first-order valence-corrected chi connectivity index (χ1v) is 12.4. The van der Waals surface area contributed by atoms with Crippen molar-refractivity contribution in [3.63, 3.8) is 0 Å². The number of hydrogen-bond acceptors (Lipinski definition) is 9. The number of anilines is 2. The van der Waals surface area contributed by atoms with Crippen molar-refractivity contribution >= 4 is 22.7 Å². The van der Waals surface area contributed by atoms with Gasteiger partial charge in [0.2, 0.25) is 0 Å². The van der Waals surface area contributed by atoms with E-state index < -0.39 is 0 Å².